The first kappa shape index (κ1) is 19.1. The summed E-state index contributed by atoms with van der Waals surface area (Å²) in [5.74, 6) is 0.663. The van der Waals surface area contributed by atoms with E-state index in [0.717, 1.165) is 31.9 Å². The number of aromatic nitrogens is 3. The number of nitrogens with one attached hydrogen (secondary N) is 2. The zero-order chi connectivity index (χ0) is 20.1. The van der Waals surface area contributed by atoms with Gasteiger partial charge in [-0.2, -0.15) is 10.1 Å². The van der Waals surface area contributed by atoms with Crippen molar-refractivity contribution in [2.24, 2.45) is 0 Å². The molecular formula is C21H24FN7. The molecule has 1 saturated heterocycles. The number of nitrogens with zero attached hydrogens (tertiary/aromatic N) is 5. The van der Waals surface area contributed by atoms with Crippen molar-refractivity contribution in [1.29, 1.82) is 0 Å². The van der Waals surface area contributed by atoms with Gasteiger partial charge in [-0.3, -0.25) is 0 Å². The van der Waals surface area contributed by atoms with Crippen molar-refractivity contribution in [3.8, 4) is 0 Å². The molecule has 7 nitrogen and oxygen atoms in total. The fourth-order valence-corrected chi connectivity index (χ4v) is 3.22. The van der Waals surface area contributed by atoms with Crippen LogP contribution in [-0.4, -0.2) is 53.3 Å². The monoisotopic (exact) mass is 393 g/mol. The van der Waals surface area contributed by atoms with Gasteiger partial charge in [-0.25, -0.2) is 4.39 Å². The van der Waals surface area contributed by atoms with Gasteiger partial charge in [-0.15, -0.1) is 5.10 Å². The maximum Gasteiger partial charge on any atom is 0.249 e. The summed E-state index contributed by atoms with van der Waals surface area (Å²) in [5.41, 5.74) is 2.67. The molecule has 29 heavy (non-hydrogen) atoms. The van der Waals surface area contributed by atoms with E-state index in [0.29, 0.717) is 23.9 Å². The van der Waals surface area contributed by atoms with Gasteiger partial charge < -0.3 is 20.4 Å². The molecule has 1 aliphatic rings. The second-order valence-corrected chi connectivity index (χ2v) is 7.07. The first-order chi connectivity index (χ1) is 14.2. The van der Waals surface area contributed by atoms with Crippen molar-refractivity contribution in [1.82, 2.24) is 20.1 Å². The van der Waals surface area contributed by atoms with Crippen LogP contribution in [0, 0.1) is 5.82 Å². The number of hydrogen-bond donors (Lipinski definition) is 2. The Labute approximate surface area is 169 Å². The van der Waals surface area contributed by atoms with E-state index >= 15 is 0 Å². The SMILES string of the molecule is CN1CCN(c2ccc(Nc3nncc(NCc4ccccc4F)n3)cc2)CC1. The van der Waals surface area contributed by atoms with Crippen LogP contribution in [0.3, 0.4) is 0 Å². The Hall–Kier alpha value is -3.26. The van der Waals surface area contributed by atoms with Gasteiger partial charge in [-0.05, 0) is 37.4 Å². The van der Waals surface area contributed by atoms with Gasteiger partial charge in [0.1, 0.15) is 5.82 Å². The molecule has 0 unspecified atom stereocenters. The van der Waals surface area contributed by atoms with Crippen LogP contribution >= 0.6 is 0 Å². The third-order valence-corrected chi connectivity index (χ3v) is 4.97. The molecule has 1 aliphatic heterocycles. The van der Waals surface area contributed by atoms with Gasteiger partial charge in [0.15, 0.2) is 5.82 Å². The number of benzene rings is 2. The average molecular weight is 393 g/mol. The van der Waals surface area contributed by atoms with Crippen LogP contribution in [0.5, 0.6) is 0 Å². The van der Waals surface area contributed by atoms with Crippen molar-refractivity contribution < 1.29 is 4.39 Å². The zero-order valence-electron chi connectivity index (χ0n) is 16.3. The Kier molecular flexibility index (Phi) is 5.81. The molecular weight excluding hydrogens is 369 g/mol. The molecule has 4 rings (SSSR count). The number of anilines is 4. The topological polar surface area (TPSA) is 69.2 Å². The molecule has 2 aromatic carbocycles. The molecule has 0 atom stereocenters. The molecule has 0 amide bonds. The Morgan fingerprint density at radius 1 is 1.00 bits per heavy atom. The van der Waals surface area contributed by atoms with Crippen molar-refractivity contribution in [3.05, 3.63) is 66.1 Å². The highest BCUT2D eigenvalue weighted by Crippen LogP contribution is 2.21. The third kappa shape index (κ3) is 4.97. The Bertz CT molecular complexity index is 940. The zero-order valence-corrected chi connectivity index (χ0v) is 16.3. The van der Waals surface area contributed by atoms with Crippen LogP contribution in [0.2, 0.25) is 0 Å². The van der Waals surface area contributed by atoms with Crippen LogP contribution in [0.15, 0.2) is 54.7 Å². The normalized spacial score (nSPS) is 14.6. The fourth-order valence-electron chi connectivity index (χ4n) is 3.22. The van der Waals surface area contributed by atoms with Crippen LogP contribution in [0.1, 0.15) is 5.56 Å². The number of likely N-dealkylation sites (N-methyl/N-ethyl adjacent to an activating group) is 1. The molecule has 2 N–H and O–H groups in total. The predicted molar refractivity (Wildman–Crippen MR) is 113 cm³/mol. The molecule has 0 aliphatic carbocycles. The third-order valence-electron chi connectivity index (χ3n) is 4.97. The summed E-state index contributed by atoms with van der Waals surface area (Å²) in [4.78, 5) is 9.12. The van der Waals surface area contributed by atoms with Crippen molar-refractivity contribution in [2.75, 3.05) is 48.8 Å². The quantitative estimate of drug-likeness (QED) is 0.667. The van der Waals surface area contributed by atoms with Crippen molar-refractivity contribution >= 4 is 23.1 Å². The number of hydrogen-bond acceptors (Lipinski definition) is 7. The Morgan fingerprint density at radius 2 is 1.76 bits per heavy atom. The minimum atomic E-state index is -0.249. The number of halogens is 1. The minimum absolute atomic E-state index is 0.249. The van der Waals surface area contributed by atoms with Crippen LogP contribution in [0.25, 0.3) is 0 Å². The smallest absolute Gasteiger partial charge is 0.249 e. The highest BCUT2D eigenvalue weighted by Gasteiger charge is 2.14. The van der Waals surface area contributed by atoms with Crippen molar-refractivity contribution in [3.63, 3.8) is 0 Å². The molecule has 150 valence electrons. The minimum Gasteiger partial charge on any atom is -0.369 e. The van der Waals surface area contributed by atoms with Crippen LogP contribution in [0.4, 0.5) is 27.5 Å². The molecule has 0 radical (unpaired) electrons. The van der Waals surface area contributed by atoms with Crippen molar-refractivity contribution in [2.45, 2.75) is 6.54 Å². The average Bonchev–Trinajstić information content (AvgIpc) is 2.75. The molecule has 0 bridgehead atoms. The summed E-state index contributed by atoms with van der Waals surface area (Å²) < 4.78 is 13.7. The number of piperazine rings is 1. The largest absolute Gasteiger partial charge is 0.369 e. The van der Waals surface area contributed by atoms with Gasteiger partial charge in [0.2, 0.25) is 5.95 Å². The van der Waals surface area contributed by atoms with Gasteiger partial charge in [0, 0.05) is 49.7 Å². The lowest BCUT2D eigenvalue weighted by molar-refractivity contribution is 0.313. The summed E-state index contributed by atoms with van der Waals surface area (Å²) in [6, 6.07) is 14.9. The van der Waals surface area contributed by atoms with Gasteiger partial charge in [0.25, 0.3) is 0 Å². The van der Waals surface area contributed by atoms with E-state index < -0.39 is 0 Å². The van der Waals surface area contributed by atoms with E-state index in [1.54, 1.807) is 18.2 Å². The molecule has 1 fully saturated rings. The van der Waals surface area contributed by atoms with Gasteiger partial charge >= 0.3 is 0 Å². The summed E-state index contributed by atoms with van der Waals surface area (Å²) in [5, 5.41) is 14.2. The highest BCUT2D eigenvalue weighted by atomic mass is 19.1. The summed E-state index contributed by atoms with van der Waals surface area (Å²) in [7, 11) is 2.15. The Balaban J connectivity index is 1.37. The first-order valence-corrected chi connectivity index (χ1v) is 9.65. The van der Waals surface area contributed by atoms with E-state index in [2.05, 4.69) is 54.8 Å². The maximum absolute atomic E-state index is 13.7. The number of rotatable bonds is 6. The second kappa shape index (κ2) is 8.83. The second-order valence-electron chi connectivity index (χ2n) is 7.07. The van der Waals surface area contributed by atoms with Gasteiger partial charge in [-0.1, -0.05) is 18.2 Å². The van der Waals surface area contributed by atoms with Crippen LogP contribution < -0.4 is 15.5 Å². The van der Waals surface area contributed by atoms with Gasteiger partial charge in [0.05, 0.1) is 6.20 Å². The summed E-state index contributed by atoms with van der Waals surface area (Å²) in [6.45, 7) is 4.54. The molecule has 8 heteroatoms. The van der Waals surface area contributed by atoms with Crippen LogP contribution in [-0.2, 0) is 6.54 Å². The predicted octanol–water partition coefficient (Wildman–Crippen LogP) is 3.12. The lowest BCUT2D eigenvalue weighted by Gasteiger charge is -2.34. The fraction of sp³-hybridized carbons (Fsp3) is 0.286. The van der Waals surface area contributed by atoms with E-state index in [1.807, 2.05) is 12.1 Å². The van der Waals surface area contributed by atoms with E-state index in [4.69, 9.17) is 0 Å². The summed E-state index contributed by atoms with van der Waals surface area (Å²) in [6.07, 6.45) is 1.52. The maximum atomic E-state index is 13.7. The molecule has 3 aromatic rings. The lowest BCUT2D eigenvalue weighted by Crippen LogP contribution is -2.44. The molecule has 0 spiro atoms. The first-order valence-electron chi connectivity index (χ1n) is 9.65. The Morgan fingerprint density at radius 3 is 2.52 bits per heavy atom. The molecule has 2 heterocycles. The molecule has 0 saturated carbocycles. The van der Waals surface area contributed by atoms with E-state index in [1.165, 1.54) is 18.0 Å². The summed E-state index contributed by atoms with van der Waals surface area (Å²) >= 11 is 0. The lowest BCUT2D eigenvalue weighted by atomic mass is 10.2. The highest BCUT2D eigenvalue weighted by molar-refractivity contribution is 5.59. The molecule has 1 aromatic heterocycles. The van der Waals surface area contributed by atoms with E-state index in [-0.39, 0.29) is 5.82 Å². The van der Waals surface area contributed by atoms with E-state index in [9.17, 15) is 4.39 Å². The standard InChI is InChI=1S/C21H24FN7/c1-28-10-12-29(13-11-28)18-8-6-17(7-9-18)25-21-26-20(15-24-27-21)23-14-16-4-2-3-5-19(16)22/h2-9,15H,10-14H2,1H3,(H2,23,25,26,27).